The van der Waals surface area contributed by atoms with Gasteiger partial charge in [-0.05, 0) is 55.1 Å². The average molecular weight is 393 g/mol. The van der Waals surface area contributed by atoms with E-state index in [9.17, 15) is 13.2 Å². The van der Waals surface area contributed by atoms with Crippen LogP contribution in [0.5, 0.6) is 5.75 Å². The topological polar surface area (TPSA) is 75.7 Å². The summed E-state index contributed by atoms with van der Waals surface area (Å²) in [6.45, 7) is 0.493. The highest BCUT2D eigenvalue weighted by Gasteiger charge is 2.28. The highest BCUT2D eigenvalue weighted by Crippen LogP contribution is 2.28. The maximum atomic E-state index is 12.5. The molecule has 0 saturated carbocycles. The number of carbonyl (C=O) groups is 1. The van der Waals surface area contributed by atoms with Crippen LogP contribution in [0.2, 0.25) is 0 Å². The van der Waals surface area contributed by atoms with E-state index in [0.717, 1.165) is 4.90 Å². The van der Waals surface area contributed by atoms with E-state index in [1.807, 2.05) is 18.4 Å². The number of thioether (sulfide) groups is 1. The maximum absolute atomic E-state index is 12.5. The van der Waals surface area contributed by atoms with Crippen molar-refractivity contribution in [1.29, 1.82) is 0 Å². The van der Waals surface area contributed by atoms with Crippen molar-refractivity contribution in [1.82, 2.24) is 0 Å². The summed E-state index contributed by atoms with van der Waals surface area (Å²) >= 11 is 1.57. The number of ether oxygens (including phenoxy) is 1. The van der Waals surface area contributed by atoms with E-state index >= 15 is 0 Å². The molecule has 1 aliphatic heterocycles. The molecule has 3 rings (SSSR count). The second-order valence-corrected chi connectivity index (χ2v) is 8.70. The van der Waals surface area contributed by atoms with E-state index in [1.165, 1.54) is 11.4 Å². The molecule has 0 radical (unpaired) electrons. The van der Waals surface area contributed by atoms with Gasteiger partial charge in [0, 0.05) is 17.1 Å². The first-order valence-electron chi connectivity index (χ1n) is 8.08. The largest absolute Gasteiger partial charge is 0.496 e. The standard InChI is InChI=1S/C18H20N2O4S2/c1-24-17-12-15(25-2)8-9-16(17)18(21)19-13-4-6-14(7-5-13)20-10-3-11-26(20,22)23/h4-9,12H,3,10-11H2,1-2H3,(H,19,21). The van der Waals surface area contributed by atoms with Crippen molar-refractivity contribution in [2.45, 2.75) is 11.3 Å². The minimum Gasteiger partial charge on any atom is -0.496 e. The van der Waals surface area contributed by atoms with Crippen LogP contribution in [0.3, 0.4) is 0 Å². The molecule has 6 nitrogen and oxygen atoms in total. The molecule has 1 aliphatic rings. The molecule has 1 fully saturated rings. The van der Waals surface area contributed by atoms with Crippen LogP contribution in [0.1, 0.15) is 16.8 Å². The van der Waals surface area contributed by atoms with Crippen LogP contribution in [0.15, 0.2) is 47.4 Å². The molecule has 0 bridgehead atoms. The Labute approximate surface area is 157 Å². The Morgan fingerprint density at radius 1 is 1.19 bits per heavy atom. The molecule has 0 aliphatic carbocycles. The number of carbonyl (C=O) groups excluding carboxylic acids is 1. The van der Waals surface area contributed by atoms with Crippen molar-refractivity contribution in [2.75, 3.05) is 35.3 Å². The van der Waals surface area contributed by atoms with Gasteiger partial charge < -0.3 is 10.1 Å². The molecular weight excluding hydrogens is 372 g/mol. The molecule has 1 heterocycles. The van der Waals surface area contributed by atoms with E-state index in [0.29, 0.717) is 35.7 Å². The van der Waals surface area contributed by atoms with Gasteiger partial charge in [0.1, 0.15) is 5.75 Å². The number of nitrogens with zero attached hydrogens (tertiary/aromatic N) is 1. The van der Waals surface area contributed by atoms with Gasteiger partial charge in [0.05, 0.1) is 24.1 Å². The second kappa shape index (κ2) is 7.59. The van der Waals surface area contributed by atoms with Gasteiger partial charge in [-0.15, -0.1) is 11.8 Å². The van der Waals surface area contributed by atoms with Gasteiger partial charge in [-0.2, -0.15) is 0 Å². The third-order valence-corrected chi connectivity index (χ3v) is 6.76. The number of hydrogen-bond donors (Lipinski definition) is 1. The van der Waals surface area contributed by atoms with E-state index in [1.54, 1.807) is 42.1 Å². The summed E-state index contributed by atoms with van der Waals surface area (Å²) in [7, 11) is -1.68. The Balaban J connectivity index is 1.76. The molecule has 1 N–H and O–H groups in total. The number of sulfonamides is 1. The minimum absolute atomic E-state index is 0.178. The van der Waals surface area contributed by atoms with E-state index in [4.69, 9.17) is 4.74 Å². The zero-order valence-electron chi connectivity index (χ0n) is 14.6. The van der Waals surface area contributed by atoms with Crippen LogP contribution in [-0.2, 0) is 10.0 Å². The summed E-state index contributed by atoms with van der Waals surface area (Å²) in [6, 6.07) is 12.2. The molecule has 0 aromatic heterocycles. The summed E-state index contributed by atoms with van der Waals surface area (Å²) < 4.78 is 30.7. The highest BCUT2D eigenvalue weighted by molar-refractivity contribution is 7.98. The SMILES string of the molecule is COc1cc(SC)ccc1C(=O)Nc1ccc(N2CCCS2(=O)=O)cc1. The predicted octanol–water partition coefficient (Wildman–Crippen LogP) is 3.21. The highest BCUT2D eigenvalue weighted by atomic mass is 32.2. The Hall–Kier alpha value is -2.19. The summed E-state index contributed by atoms with van der Waals surface area (Å²) in [5, 5.41) is 2.82. The number of anilines is 2. The molecule has 1 amide bonds. The number of hydrogen-bond acceptors (Lipinski definition) is 5. The molecule has 0 spiro atoms. The zero-order valence-corrected chi connectivity index (χ0v) is 16.2. The number of methoxy groups -OCH3 is 1. The fourth-order valence-corrected chi connectivity index (χ4v) is 4.82. The summed E-state index contributed by atoms with van der Waals surface area (Å²) in [5.74, 6) is 0.405. The fraction of sp³-hybridized carbons (Fsp3) is 0.278. The quantitative estimate of drug-likeness (QED) is 0.791. The normalized spacial score (nSPS) is 15.7. The maximum Gasteiger partial charge on any atom is 0.259 e. The Morgan fingerprint density at radius 2 is 1.92 bits per heavy atom. The van der Waals surface area contributed by atoms with Crippen molar-refractivity contribution >= 4 is 39.1 Å². The van der Waals surface area contributed by atoms with Gasteiger partial charge in [-0.3, -0.25) is 9.10 Å². The predicted molar refractivity (Wildman–Crippen MR) is 105 cm³/mol. The zero-order chi connectivity index (χ0) is 18.7. The second-order valence-electron chi connectivity index (χ2n) is 5.81. The molecular formula is C18H20N2O4S2. The lowest BCUT2D eigenvalue weighted by molar-refractivity contribution is 0.102. The van der Waals surface area contributed by atoms with Crippen molar-refractivity contribution in [2.24, 2.45) is 0 Å². The van der Waals surface area contributed by atoms with E-state index in [-0.39, 0.29) is 11.7 Å². The Kier molecular flexibility index (Phi) is 5.43. The molecule has 26 heavy (non-hydrogen) atoms. The van der Waals surface area contributed by atoms with Gasteiger partial charge in [0.15, 0.2) is 0 Å². The monoisotopic (exact) mass is 392 g/mol. The van der Waals surface area contributed by atoms with Gasteiger partial charge in [-0.25, -0.2) is 8.42 Å². The molecule has 0 atom stereocenters. The average Bonchev–Trinajstić information content (AvgIpc) is 3.00. The van der Waals surface area contributed by atoms with Crippen molar-refractivity contribution < 1.29 is 17.9 Å². The molecule has 1 saturated heterocycles. The first kappa shape index (κ1) is 18.6. The van der Waals surface area contributed by atoms with Crippen LogP contribution >= 0.6 is 11.8 Å². The van der Waals surface area contributed by atoms with Crippen LogP contribution in [-0.4, -0.2) is 40.0 Å². The van der Waals surface area contributed by atoms with Gasteiger partial charge in [0.2, 0.25) is 10.0 Å². The Morgan fingerprint density at radius 3 is 2.50 bits per heavy atom. The number of benzene rings is 2. The van der Waals surface area contributed by atoms with E-state index < -0.39 is 10.0 Å². The van der Waals surface area contributed by atoms with Crippen LogP contribution in [0.25, 0.3) is 0 Å². The Bertz CT molecular complexity index is 911. The number of amides is 1. The molecule has 0 unspecified atom stereocenters. The van der Waals surface area contributed by atoms with Gasteiger partial charge in [-0.1, -0.05) is 0 Å². The van der Waals surface area contributed by atoms with E-state index in [2.05, 4.69) is 5.32 Å². The summed E-state index contributed by atoms with van der Waals surface area (Å²) in [6.07, 6.45) is 2.59. The third kappa shape index (κ3) is 3.81. The van der Waals surface area contributed by atoms with Crippen molar-refractivity contribution in [3.8, 4) is 5.75 Å². The molecule has 8 heteroatoms. The molecule has 2 aromatic carbocycles. The van der Waals surface area contributed by atoms with Gasteiger partial charge in [0.25, 0.3) is 5.91 Å². The third-order valence-electron chi connectivity index (χ3n) is 4.17. The fourth-order valence-electron chi connectivity index (χ4n) is 2.83. The lowest BCUT2D eigenvalue weighted by Gasteiger charge is -2.17. The summed E-state index contributed by atoms with van der Waals surface area (Å²) in [4.78, 5) is 13.5. The molecule has 138 valence electrons. The lowest BCUT2D eigenvalue weighted by atomic mass is 10.1. The first-order chi connectivity index (χ1) is 12.4. The lowest BCUT2D eigenvalue weighted by Crippen LogP contribution is -2.25. The van der Waals surface area contributed by atoms with Crippen LogP contribution in [0.4, 0.5) is 11.4 Å². The first-order valence-corrected chi connectivity index (χ1v) is 10.9. The van der Waals surface area contributed by atoms with Crippen molar-refractivity contribution in [3.63, 3.8) is 0 Å². The van der Waals surface area contributed by atoms with Crippen LogP contribution < -0.4 is 14.4 Å². The minimum atomic E-state index is -3.21. The summed E-state index contributed by atoms with van der Waals surface area (Å²) in [5.41, 5.74) is 1.64. The number of nitrogens with one attached hydrogen (secondary N) is 1. The van der Waals surface area contributed by atoms with Crippen LogP contribution in [0, 0.1) is 0 Å². The molecule has 2 aromatic rings. The number of rotatable bonds is 5. The van der Waals surface area contributed by atoms with Gasteiger partial charge >= 0.3 is 0 Å². The smallest absolute Gasteiger partial charge is 0.259 e. The van der Waals surface area contributed by atoms with Crippen molar-refractivity contribution in [3.05, 3.63) is 48.0 Å².